The van der Waals surface area contributed by atoms with E-state index in [1.165, 1.54) is 0 Å². The van der Waals surface area contributed by atoms with Gasteiger partial charge in [0.2, 0.25) is 0 Å². The molecular weight excluding hydrogens is 348 g/mol. The minimum atomic E-state index is -0.861. The Bertz CT molecular complexity index is 840. The summed E-state index contributed by atoms with van der Waals surface area (Å²) in [6, 6.07) is 13.9. The molecule has 0 fully saturated rings. The van der Waals surface area contributed by atoms with Crippen molar-refractivity contribution in [2.75, 3.05) is 0 Å². The molecule has 0 saturated carbocycles. The first-order valence-corrected chi connectivity index (χ1v) is 9.04. The van der Waals surface area contributed by atoms with Crippen molar-refractivity contribution in [1.29, 1.82) is 0 Å². The molecule has 1 aliphatic rings. The van der Waals surface area contributed by atoms with E-state index in [2.05, 4.69) is 0 Å². The van der Waals surface area contributed by atoms with Gasteiger partial charge in [0, 0.05) is 33.9 Å². The molecule has 2 aromatic carbocycles. The van der Waals surface area contributed by atoms with E-state index in [0.717, 1.165) is 5.56 Å². The minimum absolute atomic E-state index is 0.0222. The lowest BCUT2D eigenvalue weighted by Gasteiger charge is -2.25. The lowest BCUT2D eigenvalue weighted by molar-refractivity contribution is -0.126. The Morgan fingerprint density at radius 2 is 1.46 bits per heavy atom. The van der Waals surface area contributed by atoms with Gasteiger partial charge in [0.25, 0.3) is 0 Å². The summed E-state index contributed by atoms with van der Waals surface area (Å²) in [4.78, 5) is 38.6. The molecule has 134 valence electrons. The Labute approximate surface area is 158 Å². The van der Waals surface area contributed by atoms with Crippen LogP contribution in [0, 0.1) is 11.3 Å². The molecule has 3 nitrogen and oxygen atoms in total. The highest BCUT2D eigenvalue weighted by Gasteiger charge is 2.44. The van der Waals surface area contributed by atoms with Crippen molar-refractivity contribution >= 4 is 29.0 Å². The molecule has 0 radical (unpaired) electrons. The third kappa shape index (κ3) is 3.36. The third-order valence-electron chi connectivity index (χ3n) is 4.97. The maximum atomic E-state index is 13.0. The van der Waals surface area contributed by atoms with Crippen molar-refractivity contribution in [3.05, 3.63) is 70.2 Å². The van der Waals surface area contributed by atoms with Crippen molar-refractivity contribution in [2.24, 2.45) is 11.3 Å². The summed E-state index contributed by atoms with van der Waals surface area (Å²) in [7, 11) is 0. The fourth-order valence-corrected chi connectivity index (χ4v) is 3.50. The van der Waals surface area contributed by atoms with Gasteiger partial charge in [-0.25, -0.2) is 0 Å². The molecule has 0 heterocycles. The van der Waals surface area contributed by atoms with Crippen LogP contribution in [0.3, 0.4) is 0 Å². The average molecular weight is 369 g/mol. The first kappa shape index (κ1) is 18.5. The maximum Gasteiger partial charge on any atom is 0.175 e. The molecule has 2 aromatic rings. The van der Waals surface area contributed by atoms with Gasteiger partial charge in [-0.2, -0.15) is 0 Å². The number of hydrogen-bond acceptors (Lipinski definition) is 3. The van der Waals surface area contributed by atoms with Crippen molar-refractivity contribution in [3.8, 4) is 0 Å². The van der Waals surface area contributed by atoms with Crippen molar-refractivity contribution in [3.63, 3.8) is 0 Å². The molecular formula is C22H21ClO3. The Morgan fingerprint density at radius 1 is 0.962 bits per heavy atom. The van der Waals surface area contributed by atoms with Crippen LogP contribution in [0.25, 0.3) is 0 Å². The zero-order valence-corrected chi connectivity index (χ0v) is 15.8. The summed E-state index contributed by atoms with van der Waals surface area (Å²) < 4.78 is 0. The van der Waals surface area contributed by atoms with Crippen LogP contribution in [0.2, 0.25) is 5.02 Å². The monoisotopic (exact) mass is 368 g/mol. The summed E-state index contributed by atoms with van der Waals surface area (Å²) in [5.41, 5.74) is 1.14. The van der Waals surface area contributed by atoms with Crippen molar-refractivity contribution in [1.82, 2.24) is 0 Å². The van der Waals surface area contributed by atoms with Gasteiger partial charge >= 0.3 is 0 Å². The lowest BCUT2D eigenvalue weighted by Crippen LogP contribution is -2.30. The van der Waals surface area contributed by atoms with Crippen molar-refractivity contribution < 1.29 is 14.4 Å². The largest absolute Gasteiger partial charge is 0.299 e. The van der Waals surface area contributed by atoms with E-state index in [0.29, 0.717) is 16.1 Å². The predicted molar refractivity (Wildman–Crippen MR) is 102 cm³/mol. The maximum absolute atomic E-state index is 13.0. The highest BCUT2D eigenvalue weighted by molar-refractivity contribution is 6.30. The Balaban J connectivity index is 2.04. The molecule has 3 rings (SSSR count). The van der Waals surface area contributed by atoms with Crippen LogP contribution in [0.1, 0.15) is 59.4 Å². The van der Waals surface area contributed by atoms with Crippen LogP contribution in [0.5, 0.6) is 0 Å². The van der Waals surface area contributed by atoms with Gasteiger partial charge in [-0.1, -0.05) is 68.8 Å². The summed E-state index contributed by atoms with van der Waals surface area (Å²) in [5, 5.41) is 0.571. The standard InChI is InChI=1S/C22H21ClO3/c1-22(2,3)18(24)12-17(13-8-10-14(23)11-9-13)19-20(25)15-6-4-5-7-16(15)21(19)26/h4-11,17,19H,12H2,1-3H3. The summed E-state index contributed by atoms with van der Waals surface area (Å²) in [6.45, 7) is 5.55. The molecule has 26 heavy (non-hydrogen) atoms. The van der Waals surface area contributed by atoms with Crippen LogP contribution in [-0.4, -0.2) is 17.3 Å². The first-order chi connectivity index (χ1) is 12.2. The molecule has 4 heteroatoms. The highest BCUT2D eigenvalue weighted by Crippen LogP contribution is 2.40. The molecule has 0 saturated heterocycles. The second kappa shape index (κ2) is 6.81. The first-order valence-electron chi connectivity index (χ1n) is 8.66. The van der Waals surface area contributed by atoms with Gasteiger partial charge in [-0.15, -0.1) is 0 Å². The Hall–Kier alpha value is -2.26. The molecule has 0 aromatic heterocycles. The molecule has 1 aliphatic carbocycles. The number of carbonyl (C=O) groups excluding carboxylic acids is 3. The van der Waals surface area contributed by atoms with Crippen LogP contribution in [-0.2, 0) is 4.79 Å². The fourth-order valence-electron chi connectivity index (χ4n) is 3.38. The van der Waals surface area contributed by atoms with E-state index in [9.17, 15) is 14.4 Å². The Kier molecular flexibility index (Phi) is 4.85. The predicted octanol–water partition coefficient (Wildman–Crippen LogP) is 5.12. The number of Topliss-reactive ketones (excluding diaryl/α,β-unsaturated/α-hetero) is 3. The molecule has 0 spiro atoms. The fraction of sp³-hybridized carbons (Fsp3) is 0.318. The average Bonchev–Trinajstić information content (AvgIpc) is 2.84. The summed E-state index contributed by atoms with van der Waals surface area (Å²) in [6.07, 6.45) is 0.140. The number of benzene rings is 2. The van der Waals surface area contributed by atoms with Crippen LogP contribution >= 0.6 is 11.6 Å². The number of hydrogen-bond donors (Lipinski definition) is 0. The van der Waals surface area contributed by atoms with E-state index in [1.807, 2.05) is 20.8 Å². The third-order valence-corrected chi connectivity index (χ3v) is 5.22. The van der Waals surface area contributed by atoms with Gasteiger partial charge in [0.1, 0.15) is 5.78 Å². The Morgan fingerprint density at radius 3 is 1.92 bits per heavy atom. The van der Waals surface area contributed by atoms with Crippen molar-refractivity contribution in [2.45, 2.75) is 33.1 Å². The smallest absolute Gasteiger partial charge is 0.175 e. The molecule has 0 aliphatic heterocycles. The van der Waals surface area contributed by atoms with Crippen LogP contribution in [0.4, 0.5) is 0 Å². The lowest BCUT2D eigenvalue weighted by atomic mass is 9.75. The minimum Gasteiger partial charge on any atom is -0.299 e. The number of fused-ring (bicyclic) bond motifs is 1. The van der Waals surface area contributed by atoms with Gasteiger partial charge in [-0.3, -0.25) is 14.4 Å². The van der Waals surface area contributed by atoms with Gasteiger partial charge in [0.05, 0.1) is 5.92 Å². The molecule has 0 bridgehead atoms. The SMILES string of the molecule is CC(C)(C)C(=O)CC(c1ccc(Cl)cc1)C1C(=O)c2ccccc2C1=O. The molecule has 1 atom stereocenters. The quantitative estimate of drug-likeness (QED) is 0.703. The van der Waals surface area contributed by atoms with Gasteiger partial charge < -0.3 is 0 Å². The van der Waals surface area contributed by atoms with Gasteiger partial charge in [0.15, 0.2) is 11.6 Å². The van der Waals surface area contributed by atoms with E-state index < -0.39 is 17.3 Å². The van der Waals surface area contributed by atoms with E-state index in [4.69, 9.17) is 11.6 Å². The van der Waals surface area contributed by atoms with Crippen LogP contribution < -0.4 is 0 Å². The summed E-state index contributed by atoms with van der Waals surface area (Å²) >= 11 is 5.98. The molecule has 0 N–H and O–H groups in total. The zero-order valence-electron chi connectivity index (χ0n) is 15.1. The number of rotatable bonds is 4. The van der Waals surface area contributed by atoms with E-state index >= 15 is 0 Å². The normalized spacial score (nSPS) is 15.8. The summed E-state index contributed by atoms with van der Waals surface area (Å²) in [5.74, 6) is -1.74. The van der Waals surface area contributed by atoms with E-state index in [-0.39, 0.29) is 23.8 Å². The van der Waals surface area contributed by atoms with Gasteiger partial charge in [-0.05, 0) is 17.7 Å². The molecule has 1 unspecified atom stereocenters. The molecule has 0 amide bonds. The number of ketones is 3. The number of halogens is 1. The van der Waals surface area contributed by atoms with E-state index in [1.54, 1.807) is 48.5 Å². The van der Waals surface area contributed by atoms with Crippen LogP contribution in [0.15, 0.2) is 48.5 Å². The second-order valence-electron chi connectivity index (χ2n) is 7.79. The second-order valence-corrected chi connectivity index (χ2v) is 8.22. The number of carbonyl (C=O) groups is 3. The topological polar surface area (TPSA) is 51.2 Å². The highest BCUT2D eigenvalue weighted by atomic mass is 35.5. The zero-order chi connectivity index (χ0) is 19.1.